The molecule has 1 aromatic rings. The molecule has 23 heavy (non-hydrogen) atoms. The van der Waals surface area contributed by atoms with Crippen molar-refractivity contribution in [2.45, 2.75) is 51.6 Å². The molecule has 1 aliphatic heterocycles. The standard InChI is InChI=1S/C18H31N3O2/c1-15-14-17(20-19-15)18(16-6-3-2-4-7-16)23-11-5-8-21-9-12-22-13-10-21/h14,16,18H,2-13H2,1H3,(H,19,20). The fourth-order valence-electron chi connectivity index (χ4n) is 3.81. The van der Waals surface area contributed by atoms with Crippen molar-refractivity contribution in [3.8, 4) is 0 Å². The van der Waals surface area contributed by atoms with E-state index in [-0.39, 0.29) is 6.10 Å². The van der Waals surface area contributed by atoms with Gasteiger partial charge in [0.05, 0.1) is 18.9 Å². The van der Waals surface area contributed by atoms with E-state index in [4.69, 9.17) is 9.47 Å². The lowest BCUT2D eigenvalue weighted by molar-refractivity contribution is -0.0132. The first-order chi connectivity index (χ1) is 11.3. The van der Waals surface area contributed by atoms with Gasteiger partial charge >= 0.3 is 0 Å². The Morgan fingerprint density at radius 1 is 1.30 bits per heavy atom. The first-order valence-electron chi connectivity index (χ1n) is 9.26. The molecule has 2 fully saturated rings. The van der Waals surface area contributed by atoms with Gasteiger partial charge in [-0.05, 0) is 38.2 Å². The van der Waals surface area contributed by atoms with Gasteiger partial charge in [-0.1, -0.05) is 19.3 Å². The van der Waals surface area contributed by atoms with Gasteiger partial charge in [-0.15, -0.1) is 0 Å². The van der Waals surface area contributed by atoms with Gasteiger partial charge in [0.25, 0.3) is 0 Å². The van der Waals surface area contributed by atoms with Crippen LogP contribution in [-0.2, 0) is 9.47 Å². The maximum absolute atomic E-state index is 6.33. The number of nitrogens with one attached hydrogen (secondary N) is 1. The van der Waals surface area contributed by atoms with Crippen molar-refractivity contribution in [3.63, 3.8) is 0 Å². The number of H-pyrrole nitrogens is 1. The molecule has 5 nitrogen and oxygen atoms in total. The molecule has 5 heteroatoms. The van der Waals surface area contributed by atoms with Gasteiger partial charge < -0.3 is 9.47 Å². The Balaban J connectivity index is 1.49. The SMILES string of the molecule is Cc1cc(C(OCCCN2CCOCC2)C2CCCCC2)n[nH]1. The largest absolute Gasteiger partial charge is 0.379 e. The van der Waals surface area contributed by atoms with Crippen molar-refractivity contribution in [1.82, 2.24) is 15.1 Å². The number of hydrogen-bond acceptors (Lipinski definition) is 4. The quantitative estimate of drug-likeness (QED) is 0.784. The van der Waals surface area contributed by atoms with Crippen LogP contribution in [0.15, 0.2) is 6.07 Å². The summed E-state index contributed by atoms with van der Waals surface area (Å²) in [6.45, 7) is 7.86. The molecule has 0 amide bonds. The minimum Gasteiger partial charge on any atom is -0.379 e. The number of ether oxygens (including phenoxy) is 2. The van der Waals surface area contributed by atoms with Gasteiger partial charge in [0.1, 0.15) is 6.10 Å². The first-order valence-corrected chi connectivity index (χ1v) is 9.26. The molecule has 0 radical (unpaired) electrons. The van der Waals surface area contributed by atoms with Gasteiger partial charge in [0, 0.05) is 31.9 Å². The van der Waals surface area contributed by atoms with Crippen LogP contribution in [0.1, 0.15) is 56.0 Å². The molecule has 0 spiro atoms. The highest BCUT2D eigenvalue weighted by Gasteiger charge is 2.27. The van der Waals surface area contributed by atoms with Crippen LogP contribution in [0.3, 0.4) is 0 Å². The van der Waals surface area contributed by atoms with E-state index in [9.17, 15) is 0 Å². The van der Waals surface area contributed by atoms with Gasteiger partial charge in [-0.2, -0.15) is 5.10 Å². The Kier molecular flexibility index (Phi) is 6.48. The molecule has 2 heterocycles. The number of morpholine rings is 1. The van der Waals surface area contributed by atoms with Crippen molar-refractivity contribution < 1.29 is 9.47 Å². The molecule has 130 valence electrons. The monoisotopic (exact) mass is 321 g/mol. The number of rotatable bonds is 7. The summed E-state index contributed by atoms with van der Waals surface area (Å²) in [6, 6.07) is 2.15. The highest BCUT2D eigenvalue weighted by molar-refractivity contribution is 5.11. The molecule has 1 N–H and O–H groups in total. The van der Waals surface area contributed by atoms with E-state index < -0.39 is 0 Å². The smallest absolute Gasteiger partial charge is 0.104 e. The Labute approximate surface area is 139 Å². The average Bonchev–Trinajstić information content (AvgIpc) is 3.03. The number of nitrogens with zero attached hydrogens (tertiary/aromatic N) is 2. The summed E-state index contributed by atoms with van der Waals surface area (Å²) in [5.74, 6) is 0.634. The van der Waals surface area contributed by atoms with E-state index in [1.807, 2.05) is 0 Å². The maximum atomic E-state index is 6.33. The zero-order valence-electron chi connectivity index (χ0n) is 14.4. The fourth-order valence-corrected chi connectivity index (χ4v) is 3.81. The van der Waals surface area contributed by atoms with Crippen LogP contribution in [-0.4, -0.2) is 54.6 Å². The highest BCUT2D eigenvalue weighted by Crippen LogP contribution is 2.36. The molecule has 1 saturated heterocycles. The Hall–Kier alpha value is -0.910. The predicted molar refractivity (Wildman–Crippen MR) is 90.5 cm³/mol. The number of aromatic nitrogens is 2. The van der Waals surface area contributed by atoms with E-state index in [1.165, 1.54) is 32.1 Å². The molecule has 1 aromatic heterocycles. The Bertz CT molecular complexity index is 451. The van der Waals surface area contributed by atoms with E-state index in [0.717, 1.165) is 57.3 Å². The highest BCUT2D eigenvalue weighted by atomic mass is 16.5. The molecule has 1 aliphatic carbocycles. The van der Waals surface area contributed by atoms with E-state index >= 15 is 0 Å². The average molecular weight is 321 g/mol. The summed E-state index contributed by atoms with van der Waals surface area (Å²) >= 11 is 0. The number of aromatic amines is 1. The van der Waals surface area contributed by atoms with Crippen LogP contribution in [0.5, 0.6) is 0 Å². The predicted octanol–water partition coefficient (Wildman–Crippen LogP) is 3.08. The van der Waals surface area contributed by atoms with Crippen LogP contribution in [0.4, 0.5) is 0 Å². The first kappa shape index (κ1) is 16.9. The third-order valence-electron chi connectivity index (χ3n) is 5.12. The van der Waals surface area contributed by atoms with Crippen LogP contribution in [0, 0.1) is 12.8 Å². The van der Waals surface area contributed by atoms with E-state index in [2.05, 4.69) is 28.1 Å². The van der Waals surface area contributed by atoms with Crippen molar-refractivity contribution in [2.75, 3.05) is 39.5 Å². The van der Waals surface area contributed by atoms with Crippen molar-refractivity contribution >= 4 is 0 Å². The zero-order valence-corrected chi connectivity index (χ0v) is 14.4. The van der Waals surface area contributed by atoms with Crippen molar-refractivity contribution in [2.24, 2.45) is 5.92 Å². The van der Waals surface area contributed by atoms with Gasteiger partial charge in [0.15, 0.2) is 0 Å². The van der Waals surface area contributed by atoms with Crippen molar-refractivity contribution in [3.05, 3.63) is 17.5 Å². The normalized spacial score (nSPS) is 22.3. The Morgan fingerprint density at radius 3 is 2.78 bits per heavy atom. The third kappa shape index (κ3) is 5.03. The second kappa shape index (κ2) is 8.81. The molecule has 0 aromatic carbocycles. The summed E-state index contributed by atoms with van der Waals surface area (Å²) < 4.78 is 11.7. The lowest BCUT2D eigenvalue weighted by Crippen LogP contribution is -2.37. The maximum Gasteiger partial charge on any atom is 0.104 e. The van der Waals surface area contributed by atoms with Crippen LogP contribution in [0.2, 0.25) is 0 Å². The summed E-state index contributed by atoms with van der Waals surface area (Å²) in [5.41, 5.74) is 2.22. The Morgan fingerprint density at radius 2 is 2.09 bits per heavy atom. The topological polar surface area (TPSA) is 50.4 Å². The minimum atomic E-state index is 0.171. The molecule has 3 rings (SSSR count). The summed E-state index contributed by atoms with van der Waals surface area (Å²) in [7, 11) is 0. The van der Waals surface area contributed by atoms with Gasteiger partial charge in [-0.3, -0.25) is 10.00 Å². The minimum absolute atomic E-state index is 0.171. The number of hydrogen-bond donors (Lipinski definition) is 1. The van der Waals surface area contributed by atoms with E-state index in [0.29, 0.717) is 5.92 Å². The second-order valence-electron chi connectivity index (χ2n) is 6.97. The molecular weight excluding hydrogens is 290 g/mol. The summed E-state index contributed by atoms with van der Waals surface area (Å²) in [4.78, 5) is 2.47. The van der Waals surface area contributed by atoms with Crippen LogP contribution >= 0.6 is 0 Å². The second-order valence-corrected chi connectivity index (χ2v) is 6.97. The van der Waals surface area contributed by atoms with Crippen molar-refractivity contribution in [1.29, 1.82) is 0 Å². The summed E-state index contributed by atoms with van der Waals surface area (Å²) in [6.07, 6.45) is 7.86. The molecule has 0 bridgehead atoms. The lowest BCUT2D eigenvalue weighted by atomic mass is 9.84. The lowest BCUT2D eigenvalue weighted by Gasteiger charge is -2.30. The zero-order chi connectivity index (χ0) is 15.9. The molecule has 1 unspecified atom stereocenters. The van der Waals surface area contributed by atoms with E-state index in [1.54, 1.807) is 0 Å². The molecule has 1 saturated carbocycles. The molecule has 2 aliphatic rings. The van der Waals surface area contributed by atoms with Gasteiger partial charge in [-0.25, -0.2) is 0 Å². The fraction of sp³-hybridized carbons (Fsp3) is 0.833. The van der Waals surface area contributed by atoms with Gasteiger partial charge in [0.2, 0.25) is 0 Å². The molecule has 1 atom stereocenters. The third-order valence-corrected chi connectivity index (χ3v) is 5.12. The summed E-state index contributed by atoms with van der Waals surface area (Å²) in [5, 5.41) is 7.56. The number of aryl methyl sites for hydroxylation is 1. The molecular formula is C18H31N3O2. The van der Waals surface area contributed by atoms with Crippen LogP contribution in [0.25, 0.3) is 0 Å². The van der Waals surface area contributed by atoms with Crippen LogP contribution < -0.4 is 0 Å².